The fourth-order valence-electron chi connectivity index (χ4n) is 4.49. The lowest BCUT2D eigenvalue weighted by Crippen LogP contribution is -3.00. The number of morpholine rings is 1. The molecule has 0 radical (unpaired) electrons. The zero-order valence-corrected chi connectivity index (χ0v) is 17.5. The van der Waals surface area contributed by atoms with E-state index in [-0.39, 0.29) is 30.1 Å². The molecule has 1 saturated heterocycles. The summed E-state index contributed by atoms with van der Waals surface area (Å²) in [5.41, 5.74) is 0.370. The number of quaternary nitrogens is 1. The molecule has 0 amide bonds. The lowest BCUT2D eigenvalue weighted by molar-refractivity contribution is -0.936. The molecule has 0 spiro atoms. The average molecular weight is 441 g/mol. The van der Waals surface area contributed by atoms with Crippen LogP contribution in [0.3, 0.4) is 0 Å². The summed E-state index contributed by atoms with van der Waals surface area (Å²) >= 11 is 0. The van der Waals surface area contributed by atoms with Gasteiger partial charge in [-0.3, -0.25) is 0 Å². The largest absolute Gasteiger partial charge is 1.00 e. The van der Waals surface area contributed by atoms with Crippen molar-refractivity contribution in [1.82, 2.24) is 0 Å². The van der Waals surface area contributed by atoms with Crippen LogP contribution in [0.4, 0.5) is 0 Å². The van der Waals surface area contributed by atoms with Crippen LogP contribution in [0.15, 0.2) is 0 Å². The van der Waals surface area contributed by atoms with E-state index >= 15 is 0 Å². The molecule has 3 unspecified atom stereocenters. The monoisotopic (exact) mass is 441 g/mol. The summed E-state index contributed by atoms with van der Waals surface area (Å²) < 4.78 is 12.5. The van der Waals surface area contributed by atoms with Crippen LogP contribution in [0.25, 0.3) is 0 Å². The van der Waals surface area contributed by atoms with Gasteiger partial charge in [0, 0.05) is 0 Å². The minimum absolute atomic E-state index is 0. The van der Waals surface area contributed by atoms with Crippen molar-refractivity contribution in [3.05, 3.63) is 0 Å². The highest BCUT2D eigenvalue weighted by atomic mass is 127. The van der Waals surface area contributed by atoms with Crippen molar-refractivity contribution in [2.75, 3.05) is 46.0 Å². The number of rotatable bonds is 6. The highest BCUT2D eigenvalue weighted by molar-refractivity contribution is 4.83. The van der Waals surface area contributed by atoms with Gasteiger partial charge in [-0.15, -0.1) is 0 Å². The van der Waals surface area contributed by atoms with E-state index in [1.807, 2.05) is 0 Å². The molecule has 0 aromatic carbocycles. The Kier molecular flexibility index (Phi) is 8.76. The van der Waals surface area contributed by atoms with E-state index in [2.05, 4.69) is 27.7 Å². The average Bonchev–Trinajstić information content (AvgIpc) is 2.44. The minimum atomic E-state index is -0.363. The van der Waals surface area contributed by atoms with Crippen LogP contribution < -0.4 is 24.0 Å². The second-order valence-corrected chi connectivity index (χ2v) is 8.42. The molecule has 4 nitrogen and oxygen atoms in total. The lowest BCUT2D eigenvalue weighted by Gasteiger charge is -2.42. The summed E-state index contributed by atoms with van der Waals surface area (Å²) in [5.74, 6) is 0.721. The van der Waals surface area contributed by atoms with Gasteiger partial charge in [0.05, 0.1) is 32.5 Å². The van der Waals surface area contributed by atoms with Gasteiger partial charge < -0.3 is 43.0 Å². The lowest BCUT2D eigenvalue weighted by atomic mass is 9.71. The van der Waals surface area contributed by atoms with Gasteiger partial charge in [0.2, 0.25) is 0 Å². The van der Waals surface area contributed by atoms with Gasteiger partial charge >= 0.3 is 0 Å². The summed E-state index contributed by atoms with van der Waals surface area (Å²) in [4.78, 5) is 0. The van der Waals surface area contributed by atoms with Gasteiger partial charge in [0.15, 0.2) is 0 Å². The van der Waals surface area contributed by atoms with E-state index in [9.17, 15) is 5.11 Å². The maximum Gasteiger partial charge on any atom is 0.126 e. The molecule has 1 N–H and O–H groups in total. The van der Waals surface area contributed by atoms with Crippen LogP contribution in [-0.2, 0) is 9.47 Å². The molecule has 0 bridgehead atoms. The Morgan fingerprint density at radius 1 is 1.26 bits per heavy atom. The third-order valence-electron chi connectivity index (χ3n) is 5.56. The molecule has 23 heavy (non-hydrogen) atoms. The molecule has 5 heteroatoms. The quantitative estimate of drug-likeness (QED) is 0.444. The van der Waals surface area contributed by atoms with E-state index in [0.717, 1.165) is 62.6 Å². The molecule has 3 atom stereocenters. The number of halogens is 1. The first-order valence-corrected chi connectivity index (χ1v) is 9.07. The van der Waals surface area contributed by atoms with Crippen molar-refractivity contribution in [3.8, 4) is 0 Å². The Hall–Kier alpha value is 0.570. The van der Waals surface area contributed by atoms with E-state index in [1.165, 1.54) is 6.42 Å². The Labute approximate surface area is 159 Å². The summed E-state index contributed by atoms with van der Waals surface area (Å²) in [6.07, 6.45) is 3.49. The molecule has 138 valence electrons. The van der Waals surface area contributed by atoms with Crippen LogP contribution in [0, 0.1) is 11.3 Å². The van der Waals surface area contributed by atoms with E-state index < -0.39 is 0 Å². The maximum atomic E-state index is 10.4. The van der Waals surface area contributed by atoms with Crippen LogP contribution in [0.1, 0.15) is 47.0 Å². The molecule has 1 heterocycles. The van der Waals surface area contributed by atoms with E-state index in [0.29, 0.717) is 18.1 Å². The van der Waals surface area contributed by atoms with Crippen molar-refractivity contribution in [2.45, 2.75) is 59.2 Å². The number of aliphatic hydroxyl groups excluding tert-OH is 1. The van der Waals surface area contributed by atoms with Crippen LogP contribution in [0.5, 0.6) is 0 Å². The minimum Gasteiger partial charge on any atom is -1.00 e. The number of hydrogen-bond acceptors (Lipinski definition) is 3. The Morgan fingerprint density at radius 2 is 1.91 bits per heavy atom. The van der Waals surface area contributed by atoms with Crippen molar-refractivity contribution in [3.63, 3.8) is 0 Å². The van der Waals surface area contributed by atoms with Gasteiger partial charge in [0.25, 0.3) is 0 Å². The van der Waals surface area contributed by atoms with Crippen molar-refractivity contribution in [1.29, 1.82) is 0 Å². The zero-order valence-electron chi connectivity index (χ0n) is 15.4. The highest BCUT2D eigenvalue weighted by Gasteiger charge is 2.34. The fraction of sp³-hybridized carbons (Fsp3) is 1.00. The first kappa shape index (κ1) is 21.6. The first-order chi connectivity index (χ1) is 10.3. The van der Waals surface area contributed by atoms with Crippen LogP contribution in [-0.4, -0.2) is 67.8 Å². The maximum absolute atomic E-state index is 10.4. The molecular weight excluding hydrogens is 405 g/mol. The zero-order chi connectivity index (χ0) is 16.2. The van der Waals surface area contributed by atoms with Crippen LogP contribution in [0.2, 0.25) is 0 Å². The van der Waals surface area contributed by atoms with Gasteiger partial charge in [-0.1, -0.05) is 20.8 Å². The predicted molar refractivity (Wildman–Crippen MR) is 88.8 cm³/mol. The molecule has 1 aliphatic heterocycles. The third kappa shape index (κ3) is 6.77. The molecule has 2 aliphatic rings. The Balaban J connectivity index is 0.00000264. The van der Waals surface area contributed by atoms with Crippen molar-refractivity contribution in [2.24, 2.45) is 11.3 Å². The first-order valence-electron chi connectivity index (χ1n) is 9.07. The van der Waals surface area contributed by atoms with E-state index in [1.54, 1.807) is 0 Å². The van der Waals surface area contributed by atoms with Gasteiger partial charge in [-0.05, 0) is 37.5 Å². The smallest absolute Gasteiger partial charge is 0.126 e. The number of hydrogen-bond donors (Lipinski definition) is 1. The Bertz CT molecular complexity index is 345. The fourth-order valence-corrected chi connectivity index (χ4v) is 4.49. The number of ether oxygens (including phenoxy) is 2. The number of likely N-dealkylation sites (N-methyl/N-ethyl adjacent to an activating group) is 1. The Morgan fingerprint density at radius 3 is 2.48 bits per heavy atom. The number of nitrogens with zero attached hydrogens (tertiary/aromatic N) is 1. The predicted octanol–water partition coefficient (Wildman–Crippen LogP) is -0.550. The highest BCUT2D eigenvalue weighted by Crippen LogP contribution is 2.39. The second kappa shape index (κ2) is 9.32. The van der Waals surface area contributed by atoms with Crippen molar-refractivity contribution < 1.29 is 43.0 Å². The molecule has 0 aromatic rings. The number of aliphatic hydroxyl groups is 1. The molecule has 2 rings (SSSR count). The summed E-state index contributed by atoms with van der Waals surface area (Å²) in [5, 5.41) is 10.4. The van der Waals surface area contributed by atoms with Gasteiger partial charge in [0.1, 0.15) is 25.7 Å². The third-order valence-corrected chi connectivity index (χ3v) is 5.56. The molecule has 1 aliphatic carbocycles. The SMILES string of the molecule is CC[N+]1(CC(O)COC2CC(C)CC(C)(C)C2)CCOCC1.[I-]. The normalized spacial score (nSPS) is 31.2. The summed E-state index contributed by atoms with van der Waals surface area (Å²) in [7, 11) is 0. The molecule has 2 fully saturated rings. The van der Waals surface area contributed by atoms with Gasteiger partial charge in [-0.2, -0.15) is 0 Å². The topological polar surface area (TPSA) is 38.7 Å². The molecule has 1 saturated carbocycles. The van der Waals surface area contributed by atoms with E-state index in [4.69, 9.17) is 9.47 Å². The van der Waals surface area contributed by atoms with Crippen molar-refractivity contribution >= 4 is 0 Å². The second-order valence-electron chi connectivity index (χ2n) is 8.42. The summed E-state index contributed by atoms with van der Waals surface area (Å²) in [6.45, 7) is 15.2. The standard InChI is InChI=1S/C18H36NO3.HI/c1-5-19(6-8-21-9-7-19)13-16(20)14-22-17-10-15(2)11-18(3,4)12-17;/h15-17,20H,5-14H2,1-4H3;1H/q+1;/p-1. The molecule has 0 aromatic heterocycles. The summed E-state index contributed by atoms with van der Waals surface area (Å²) in [6, 6.07) is 0. The van der Waals surface area contributed by atoms with Gasteiger partial charge in [-0.25, -0.2) is 0 Å². The van der Waals surface area contributed by atoms with Crippen LogP contribution >= 0.6 is 0 Å². The molecular formula is C18H36INO3.